The molecule has 4 nitrogen and oxygen atoms in total. The molecule has 2 aromatic heterocycles. The van der Waals surface area contributed by atoms with Crippen molar-refractivity contribution in [3.63, 3.8) is 0 Å². The van der Waals surface area contributed by atoms with Gasteiger partial charge in [-0.3, -0.25) is 0 Å². The van der Waals surface area contributed by atoms with E-state index in [-0.39, 0.29) is 0 Å². The quantitative estimate of drug-likeness (QED) is 0.763. The van der Waals surface area contributed by atoms with Crippen LogP contribution < -0.4 is 0 Å². The molecule has 0 aliphatic heterocycles. The Morgan fingerprint density at radius 3 is 2.75 bits per heavy atom. The number of alkyl halides is 1. The molecule has 20 heavy (non-hydrogen) atoms. The maximum atomic E-state index is 12.4. The smallest absolute Gasteiger partial charge is 0.244 e. The van der Waals surface area contributed by atoms with Gasteiger partial charge in [-0.2, -0.15) is 0 Å². The molecule has 2 heterocycles. The van der Waals surface area contributed by atoms with Crippen molar-refractivity contribution in [2.75, 3.05) is 13.6 Å². The second kappa shape index (κ2) is 6.30. The number of hydrogen-bond donors (Lipinski definition) is 0. The molecule has 2 aromatic rings. The van der Waals surface area contributed by atoms with Crippen molar-refractivity contribution < 1.29 is 8.42 Å². The van der Waals surface area contributed by atoms with E-state index in [0.717, 1.165) is 12.1 Å². The van der Waals surface area contributed by atoms with Gasteiger partial charge in [-0.15, -0.1) is 22.9 Å². The van der Waals surface area contributed by atoms with Crippen LogP contribution in [-0.2, 0) is 29.4 Å². The van der Waals surface area contributed by atoms with Crippen LogP contribution in [0.15, 0.2) is 34.7 Å². The lowest BCUT2D eigenvalue weighted by Crippen LogP contribution is -2.28. The molecule has 7 heteroatoms. The molecule has 2 rings (SSSR count). The van der Waals surface area contributed by atoms with Gasteiger partial charge in [-0.05, 0) is 23.9 Å². The Labute approximate surface area is 128 Å². The van der Waals surface area contributed by atoms with Gasteiger partial charge in [-0.25, -0.2) is 12.7 Å². The van der Waals surface area contributed by atoms with Gasteiger partial charge in [0.05, 0.1) is 5.88 Å². The first-order chi connectivity index (χ1) is 9.45. The van der Waals surface area contributed by atoms with Gasteiger partial charge in [-0.1, -0.05) is 6.07 Å². The number of sulfonamides is 1. The van der Waals surface area contributed by atoms with Crippen LogP contribution in [0.2, 0.25) is 0 Å². The van der Waals surface area contributed by atoms with Crippen LogP contribution in [0.25, 0.3) is 0 Å². The fourth-order valence-electron chi connectivity index (χ4n) is 1.87. The molecule has 0 N–H and O–H groups in total. The van der Waals surface area contributed by atoms with Crippen LogP contribution in [0.1, 0.15) is 10.6 Å². The van der Waals surface area contributed by atoms with E-state index in [9.17, 15) is 8.42 Å². The van der Waals surface area contributed by atoms with Gasteiger partial charge < -0.3 is 4.57 Å². The number of halogens is 1. The highest BCUT2D eigenvalue weighted by atomic mass is 35.5. The number of rotatable bonds is 6. The van der Waals surface area contributed by atoms with Gasteiger partial charge in [0.25, 0.3) is 0 Å². The fraction of sp³-hybridized carbons (Fsp3) is 0.385. The van der Waals surface area contributed by atoms with Gasteiger partial charge in [0, 0.05) is 37.4 Å². The zero-order valence-electron chi connectivity index (χ0n) is 11.4. The van der Waals surface area contributed by atoms with E-state index in [4.69, 9.17) is 11.6 Å². The van der Waals surface area contributed by atoms with E-state index >= 15 is 0 Å². The van der Waals surface area contributed by atoms with Gasteiger partial charge in [0.1, 0.15) is 4.90 Å². The lowest BCUT2D eigenvalue weighted by Gasteiger charge is -2.15. The molecule has 0 atom stereocenters. The highest BCUT2D eigenvalue weighted by molar-refractivity contribution is 7.89. The van der Waals surface area contributed by atoms with Gasteiger partial charge in [0.15, 0.2) is 0 Å². The highest BCUT2D eigenvalue weighted by Gasteiger charge is 2.22. The molecule has 0 saturated carbocycles. The molecule has 0 bridgehead atoms. The summed E-state index contributed by atoms with van der Waals surface area (Å²) >= 11 is 7.41. The molecular weight excluding hydrogens is 316 g/mol. The fourth-order valence-corrected chi connectivity index (χ4v) is 4.11. The molecule has 110 valence electrons. The molecule has 0 saturated heterocycles. The van der Waals surface area contributed by atoms with Gasteiger partial charge in [0.2, 0.25) is 10.0 Å². The Kier molecular flexibility index (Phi) is 4.90. The maximum Gasteiger partial charge on any atom is 0.244 e. The van der Waals surface area contributed by atoms with Crippen molar-refractivity contribution in [3.05, 3.63) is 40.3 Å². The molecule has 0 radical (unpaired) electrons. The second-order valence-electron chi connectivity index (χ2n) is 4.57. The predicted molar refractivity (Wildman–Crippen MR) is 82.8 cm³/mol. The Bertz CT molecular complexity index is 663. The normalized spacial score (nSPS) is 12.2. The average Bonchev–Trinajstić information content (AvgIpc) is 3.04. The van der Waals surface area contributed by atoms with Crippen molar-refractivity contribution >= 4 is 33.0 Å². The SMILES string of the molecule is CN(CCc1cccs1)S(=O)(=O)c1cc(CCl)n(C)c1. The number of aryl methyl sites for hydroxylation is 1. The van der Waals surface area contributed by atoms with E-state index in [1.807, 2.05) is 17.5 Å². The standard InChI is InChI=1S/C13H17ClN2O2S2/c1-15-10-13(8-11(15)9-14)20(17,18)16(2)6-5-12-4-3-7-19-12/h3-4,7-8,10H,5-6,9H2,1-2H3. The molecule has 0 fully saturated rings. The third-order valence-corrected chi connectivity index (χ3v) is 6.21. The van der Waals surface area contributed by atoms with Crippen molar-refractivity contribution in [1.29, 1.82) is 0 Å². The number of nitrogens with zero attached hydrogens (tertiary/aromatic N) is 2. The third-order valence-electron chi connectivity index (χ3n) is 3.18. The Hall–Kier alpha value is -0.820. The zero-order valence-corrected chi connectivity index (χ0v) is 13.8. The first-order valence-electron chi connectivity index (χ1n) is 6.15. The van der Waals surface area contributed by atoms with Crippen molar-refractivity contribution in [2.24, 2.45) is 7.05 Å². The molecule has 0 aliphatic rings. The minimum Gasteiger partial charge on any atom is -0.352 e. The Balaban J connectivity index is 2.12. The summed E-state index contributed by atoms with van der Waals surface area (Å²) in [6.07, 6.45) is 2.33. The van der Waals surface area contributed by atoms with E-state index in [1.165, 1.54) is 9.18 Å². The van der Waals surface area contributed by atoms with E-state index in [1.54, 1.807) is 42.3 Å². The summed E-state index contributed by atoms with van der Waals surface area (Å²) < 4.78 is 28.0. The predicted octanol–water partition coefficient (Wildman–Crippen LogP) is 2.69. The molecule has 0 aromatic carbocycles. The first kappa shape index (κ1) is 15.6. The van der Waals surface area contributed by atoms with Crippen molar-refractivity contribution in [3.8, 4) is 0 Å². The average molecular weight is 333 g/mol. The Morgan fingerprint density at radius 2 is 2.20 bits per heavy atom. The summed E-state index contributed by atoms with van der Waals surface area (Å²) in [6.45, 7) is 0.466. The lowest BCUT2D eigenvalue weighted by molar-refractivity contribution is 0.473. The molecule has 0 spiro atoms. The number of thiophene rings is 1. The van der Waals surface area contributed by atoms with Crippen LogP contribution in [-0.4, -0.2) is 30.9 Å². The van der Waals surface area contributed by atoms with Crippen LogP contribution in [0.3, 0.4) is 0 Å². The van der Waals surface area contributed by atoms with Gasteiger partial charge >= 0.3 is 0 Å². The summed E-state index contributed by atoms with van der Waals surface area (Å²) in [5, 5.41) is 1.99. The van der Waals surface area contributed by atoms with Crippen molar-refractivity contribution in [1.82, 2.24) is 8.87 Å². The van der Waals surface area contributed by atoms with E-state index < -0.39 is 10.0 Å². The topological polar surface area (TPSA) is 42.3 Å². The van der Waals surface area contributed by atoms with Crippen LogP contribution in [0, 0.1) is 0 Å². The summed E-state index contributed by atoms with van der Waals surface area (Å²) in [5.74, 6) is 0.297. The largest absolute Gasteiger partial charge is 0.352 e. The third kappa shape index (κ3) is 3.25. The summed E-state index contributed by atoms with van der Waals surface area (Å²) in [7, 11) is -0.0440. The van der Waals surface area contributed by atoms with Crippen LogP contribution in [0.4, 0.5) is 0 Å². The minimum atomic E-state index is -3.45. The van der Waals surface area contributed by atoms with E-state index in [0.29, 0.717) is 17.3 Å². The molecular formula is C13H17ClN2O2S2. The number of aromatic nitrogens is 1. The van der Waals surface area contributed by atoms with Crippen LogP contribution in [0.5, 0.6) is 0 Å². The highest BCUT2D eigenvalue weighted by Crippen LogP contribution is 2.19. The number of likely N-dealkylation sites (N-methyl/N-ethyl adjacent to an activating group) is 1. The Morgan fingerprint density at radius 1 is 1.45 bits per heavy atom. The molecule has 0 unspecified atom stereocenters. The molecule has 0 aliphatic carbocycles. The first-order valence-corrected chi connectivity index (χ1v) is 9.00. The number of hydrogen-bond acceptors (Lipinski definition) is 3. The summed E-state index contributed by atoms with van der Waals surface area (Å²) in [5.41, 5.74) is 0.789. The van der Waals surface area contributed by atoms with Crippen molar-refractivity contribution in [2.45, 2.75) is 17.2 Å². The minimum absolute atomic E-state index is 0.296. The summed E-state index contributed by atoms with van der Waals surface area (Å²) in [6, 6.07) is 5.61. The van der Waals surface area contributed by atoms with Crippen LogP contribution >= 0.6 is 22.9 Å². The monoisotopic (exact) mass is 332 g/mol. The summed E-state index contributed by atoms with van der Waals surface area (Å²) in [4.78, 5) is 1.48. The maximum absolute atomic E-state index is 12.4. The lowest BCUT2D eigenvalue weighted by atomic mass is 10.3. The second-order valence-corrected chi connectivity index (χ2v) is 7.91. The zero-order chi connectivity index (χ0) is 14.8. The molecule has 0 amide bonds. The van der Waals surface area contributed by atoms with E-state index in [2.05, 4.69) is 0 Å².